The van der Waals surface area contributed by atoms with Gasteiger partial charge in [-0.15, -0.1) is 10.2 Å². The van der Waals surface area contributed by atoms with E-state index in [2.05, 4.69) is 21.7 Å². The van der Waals surface area contributed by atoms with Crippen molar-refractivity contribution in [1.82, 2.24) is 14.8 Å². The van der Waals surface area contributed by atoms with E-state index in [1.807, 2.05) is 11.8 Å². The lowest BCUT2D eigenvalue weighted by molar-refractivity contribution is 0.592. The molecule has 1 aromatic rings. The fraction of sp³-hybridized carbons (Fsp3) is 0.778. The molecule has 1 heterocycles. The lowest BCUT2D eigenvalue weighted by atomic mass is 10.4. The topological polar surface area (TPSA) is 56.7 Å². The van der Waals surface area contributed by atoms with Crippen LogP contribution in [0.3, 0.4) is 0 Å². The van der Waals surface area contributed by atoms with Crippen LogP contribution in [0, 0.1) is 0 Å². The number of aromatic nitrogens is 3. The Kier molecular flexibility index (Phi) is 3.08. The van der Waals surface area contributed by atoms with E-state index in [0.29, 0.717) is 6.54 Å². The Hall–Kier alpha value is -0.550. The van der Waals surface area contributed by atoms with Crippen molar-refractivity contribution in [3.63, 3.8) is 0 Å². The van der Waals surface area contributed by atoms with Gasteiger partial charge in [-0.25, -0.2) is 0 Å². The van der Waals surface area contributed by atoms with Crippen molar-refractivity contribution in [2.75, 3.05) is 0 Å². The van der Waals surface area contributed by atoms with Gasteiger partial charge in [0, 0.05) is 11.8 Å². The van der Waals surface area contributed by atoms with E-state index in [4.69, 9.17) is 5.73 Å². The van der Waals surface area contributed by atoms with Crippen LogP contribution in [0.4, 0.5) is 0 Å². The number of nitrogens with two attached hydrogens (primary N) is 1. The average Bonchev–Trinajstić information content (AvgIpc) is 2.91. The molecular formula is C9H16N4S. The molecule has 78 valence electrons. The summed E-state index contributed by atoms with van der Waals surface area (Å²) >= 11 is 1.85. The van der Waals surface area contributed by atoms with Gasteiger partial charge in [-0.1, -0.05) is 18.7 Å². The van der Waals surface area contributed by atoms with Gasteiger partial charge in [-0.3, -0.25) is 0 Å². The molecule has 0 saturated heterocycles. The maximum atomic E-state index is 5.61. The number of hydrogen-bond donors (Lipinski definition) is 1. The molecule has 14 heavy (non-hydrogen) atoms. The first kappa shape index (κ1) is 9.98. The van der Waals surface area contributed by atoms with Crippen molar-refractivity contribution in [2.45, 2.75) is 49.7 Å². The summed E-state index contributed by atoms with van der Waals surface area (Å²) in [5, 5.41) is 10.1. The molecule has 1 fully saturated rings. The lowest BCUT2D eigenvalue weighted by Gasteiger charge is -2.06. The minimum absolute atomic E-state index is 0.484. The van der Waals surface area contributed by atoms with Gasteiger partial charge in [-0.2, -0.15) is 0 Å². The monoisotopic (exact) mass is 212 g/mol. The SMILES string of the molecule is CCCn1c(CN)nnc1SC1CC1. The molecule has 0 bridgehead atoms. The highest BCUT2D eigenvalue weighted by molar-refractivity contribution is 8.00. The predicted molar refractivity (Wildman–Crippen MR) is 57.1 cm³/mol. The van der Waals surface area contributed by atoms with Gasteiger partial charge < -0.3 is 10.3 Å². The molecule has 4 nitrogen and oxygen atoms in total. The molecule has 0 amide bonds. The summed E-state index contributed by atoms with van der Waals surface area (Å²) in [5.41, 5.74) is 5.61. The molecule has 0 atom stereocenters. The van der Waals surface area contributed by atoms with Crippen LogP contribution in [0.15, 0.2) is 5.16 Å². The van der Waals surface area contributed by atoms with E-state index in [1.54, 1.807) is 0 Å². The second kappa shape index (κ2) is 4.31. The second-order valence-electron chi connectivity index (χ2n) is 3.57. The van der Waals surface area contributed by atoms with Crippen LogP contribution in [0.1, 0.15) is 32.0 Å². The van der Waals surface area contributed by atoms with E-state index in [9.17, 15) is 0 Å². The van der Waals surface area contributed by atoms with Crippen LogP contribution in [-0.4, -0.2) is 20.0 Å². The van der Waals surface area contributed by atoms with Crippen LogP contribution in [-0.2, 0) is 13.1 Å². The molecule has 0 aliphatic heterocycles. The van der Waals surface area contributed by atoms with Crippen molar-refractivity contribution >= 4 is 11.8 Å². The third kappa shape index (κ3) is 2.09. The number of thioether (sulfide) groups is 1. The van der Waals surface area contributed by atoms with Gasteiger partial charge in [0.15, 0.2) is 5.16 Å². The van der Waals surface area contributed by atoms with Gasteiger partial charge in [-0.05, 0) is 19.3 Å². The summed E-state index contributed by atoms with van der Waals surface area (Å²) in [6, 6.07) is 0. The highest BCUT2D eigenvalue weighted by Gasteiger charge is 2.25. The Morgan fingerprint density at radius 3 is 2.86 bits per heavy atom. The summed E-state index contributed by atoms with van der Waals surface area (Å²) in [6.07, 6.45) is 3.74. The van der Waals surface area contributed by atoms with Crippen LogP contribution >= 0.6 is 11.8 Å². The zero-order valence-electron chi connectivity index (χ0n) is 8.44. The first-order valence-corrected chi connectivity index (χ1v) is 6.02. The van der Waals surface area contributed by atoms with E-state index in [0.717, 1.165) is 29.2 Å². The van der Waals surface area contributed by atoms with Crippen molar-refractivity contribution in [1.29, 1.82) is 0 Å². The molecule has 1 aliphatic rings. The van der Waals surface area contributed by atoms with Gasteiger partial charge in [0.05, 0.1) is 6.54 Å². The summed E-state index contributed by atoms with van der Waals surface area (Å²) in [7, 11) is 0. The third-order valence-electron chi connectivity index (χ3n) is 2.22. The number of rotatable bonds is 5. The van der Waals surface area contributed by atoms with Gasteiger partial charge >= 0.3 is 0 Å². The molecule has 1 saturated carbocycles. The standard InChI is InChI=1S/C9H16N4S/c1-2-5-13-8(6-10)11-12-9(13)14-7-3-4-7/h7H,2-6,10H2,1H3. The van der Waals surface area contributed by atoms with Gasteiger partial charge in [0.1, 0.15) is 5.82 Å². The minimum atomic E-state index is 0.484. The van der Waals surface area contributed by atoms with Crippen LogP contribution in [0.25, 0.3) is 0 Å². The minimum Gasteiger partial charge on any atom is -0.324 e. The molecule has 1 aromatic heterocycles. The van der Waals surface area contributed by atoms with Crippen LogP contribution < -0.4 is 5.73 Å². The highest BCUT2D eigenvalue weighted by Crippen LogP contribution is 2.38. The second-order valence-corrected chi connectivity index (χ2v) is 4.84. The fourth-order valence-corrected chi connectivity index (χ4v) is 2.42. The van der Waals surface area contributed by atoms with Crippen molar-refractivity contribution in [3.05, 3.63) is 5.82 Å². The van der Waals surface area contributed by atoms with E-state index < -0.39 is 0 Å². The highest BCUT2D eigenvalue weighted by atomic mass is 32.2. The number of hydrogen-bond acceptors (Lipinski definition) is 4. The Labute approximate surface area is 88.3 Å². The van der Waals surface area contributed by atoms with Crippen molar-refractivity contribution < 1.29 is 0 Å². The first-order chi connectivity index (χ1) is 6.85. The molecule has 0 unspecified atom stereocenters. The normalized spacial score (nSPS) is 16.1. The van der Waals surface area contributed by atoms with E-state index in [-0.39, 0.29) is 0 Å². The fourth-order valence-electron chi connectivity index (χ4n) is 1.34. The van der Waals surface area contributed by atoms with Crippen molar-refractivity contribution in [2.24, 2.45) is 5.73 Å². The molecule has 5 heteroatoms. The molecule has 2 rings (SSSR count). The summed E-state index contributed by atoms with van der Waals surface area (Å²) in [5.74, 6) is 0.912. The third-order valence-corrected chi connectivity index (χ3v) is 3.54. The maximum Gasteiger partial charge on any atom is 0.191 e. The van der Waals surface area contributed by atoms with E-state index in [1.165, 1.54) is 12.8 Å². The quantitative estimate of drug-likeness (QED) is 0.801. The van der Waals surface area contributed by atoms with Crippen LogP contribution in [0.2, 0.25) is 0 Å². The zero-order valence-corrected chi connectivity index (χ0v) is 9.26. The first-order valence-electron chi connectivity index (χ1n) is 5.14. The summed E-state index contributed by atoms with van der Waals surface area (Å²) in [4.78, 5) is 0. The smallest absolute Gasteiger partial charge is 0.191 e. The van der Waals surface area contributed by atoms with Gasteiger partial charge in [0.2, 0.25) is 0 Å². The maximum absolute atomic E-state index is 5.61. The van der Waals surface area contributed by atoms with Crippen molar-refractivity contribution in [3.8, 4) is 0 Å². The Morgan fingerprint density at radius 1 is 1.50 bits per heavy atom. The van der Waals surface area contributed by atoms with Crippen LogP contribution in [0.5, 0.6) is 0 Å². The zero-order chi connectivity index (χ0) is 9.97. The Morgan fingerprint density at radius 2 is 2.29 bits per heavy atom. The average molecular weight is 212 g/mol. The molecule has 0 radical (unpaired) electrons. The summed E-state index contributed by atoms with van der Waals surface area (Å²) in [6.45, 7) is 3.62. The summed E-state index contributed by atoms with van der Waals surface area (Å²) < 4.78 is 2.16. The Bertz CT molecular complexity index is 306. The Balaban J connectivity index is 2.14. The molecule has 2 N–H and O–H groups in total. The number of nitrogens with zero attached hydrogens (tertiary/aromatic N) is 3. The predicted octanol–water partition coefficient (Wildman–Crippen LogP) is 1.40. The largest absolute Gasteiger partial charge is 0.324 e. The molecular weight excluding hydrogens is 196 g/mol. The molecule has 0 spiro atoms. The molecule has 1 aliphatic carbocycles. The molecule has 0 aromatic carbocycles. The van der Waals surface area contributed by atoms with Gasteiger partial charge in [0.25, 0.3) is 0 Å². The van der Waals surface area contributed by atoms with E-state index >= 15 is 0 Å². The lowest BCUT2D eigenvalue weighted by Crippen LogP contribution is -2.09.